The van der Waals surface area contributed by atoms with E-state index in [0.717, 1.165) is 43.4 Å². The van der Waals surface area contributed by atoms with Crippen LogP contribution in [0.4, 0.5) is 35.1 Å². The van der Waals surface area contributed by atoms with Crippen LogP contribution >= 0.6 is 0 Å². The van der Waals surface area contributed by atoms with E-state index in [1.165, 1.54) is 0 Å². The smallest absolute Gasteiger partial charge is 0.204 e. The van der Waals surface area contributed by atoms with Gasteiger partial charge in [-0.15, -0.1) is 0 Å². The predicted octanol–water partition coefficient (Wildman–Crippen LogP) is 11.3. The second kappa shape index (κ2) is 20.6. The van der Waals surface area contributed by atoms with Crippen molar-refractivity contribution in [2.24, 2.45) is 5.41 Å². The van der Waals surface area contributed by atoms with Gasteiger partial charge in [-0.25, -0.2) is 17.6 Å². The Labute approximate surface area is 305 Å². The van der Waals surface area contributed by atoms with E-state index in [0.29, 0.717) is 58.7 Å². The lowest BCUT2D eigenvalue weighted by Crippen LogP contribution is -2.45. The Balaban J connectivity index is 1.23. The Bertz CT molecular complexity index is 1580. The first-order valence-electron chi connectivity index (χ1n) is 18.0. The molecule has 0 atom stereocenters. The topological polar surface area (TPSA) is 46.2 Å². The van der Waals surface area contributed by atoms with E-state index in [9.17, 15) is 17.6 Å². The molecule has 3 aromatic rings. The van der Waals surface area contributed by atoms with E-state index in [4.69, 9.17) is 23.7 Å². The Kier molecular flexibility index (Phi) is 16.3. The highest BCUT2D eigenvalue weighted by Crippen LogP contribution is 2.42. The fourth-order valence-electron chi connectivity index (χ4n) is 5.79. The Morgan fingerprint density at radius 1 is 0.566 bits per heavy atom. The molecule has 0 spiro atoms. The number of halogens is 8. The highest BCUT2D eigenvalue weighted by molar-refractivity contribution is 5.69. The minimum absolute atomic E-state index is 0.0676. The van der Waals surface area contributed by atoms with Crippen LogP contribution in [-0.2, 0) is 9.47 Å². The van der Waals surface area contributed by atoms with Gasteiger partial charge in [-0.05, 0) is 56.2 Å². The van der Waals surface area contributed by atoms with E-state index in [1.54, 1.807) is 6.08 Å². The van der Waals surface area contributed by atoms with Crippen molar-refractivity contribution in [1.82, 2.24) is 0 Å². The van der Waals surface area contributed by atoms with E-state index in [-0.39, 0.29) is 31.5 Å². The monoisotopic (exact) mass is 758 g/mol. The molecule has 5 nitrogen and oxygen atoms in total. The van der Waals surface area contributed by atoms with Gasteiger partial charge in [0.25, 0.3) is 0 Å². The third kappa shape index (κ3) is 10.9. The molecule has 0 aromatic heterocycles. The molecule has 4 rings (SSSR count). The van der Waals surface area contributed by atoms with Crippen LogP contribution in [0.3, 0.4) is 0 Å². The SMILES string of the molecule is C=Cc1ccc(OCCCCCCCCOc2c(F)c(F)c(-c3c(F)c(F)c(OCCCCCCOCC4(CC)COC4)c(F)c3F)c(F)c2F)cc1. The van der Waals surface area contributed by atoms with E-state index in [2.05, 4.69) is 13.5 Å². The third-order valence-corrected chi connectivity index (χ3v) is 9.27. The lowest BCUT2D eigenvalue weighted by atomic mass is 9.84. The van der Waals surface area contributed by atoms with Crippen LogP contribution in [0.25, 0.3) is 17.2 Å². The third-order valence-electron chi connectivity index (χ3n) is 9.27. The fraction of sp³-hybridized carbons (Fsp3) is 0.500. The number of hydrogen-bond donors (Lipinski definition) is 0. The summed E-state index contributed by atoms with van der Waals surface area (Å²) in [5.74, 6) is -19.7. The van der Waals surface area contributed by atoms with E-state index >= 15 is 17.6 Å². The summed E-state index contributed by atoms with van der Waals surface area (Å²) in [5.41, 5.74) is -2.86. The van der Waals surface area contributed by atoms with Crippen LogP contribution in [0.1, 0.15) is 83.1 Å². The Morgan fingerprint density at radius 3 is 1.34 bits per heavy atom. The van der Waals surface area contributed by atoms with Crippen molar-refractivity contribution in [1.29, 1.82) is 0 Å². The summed E-state index contributed by atoms with van der Waals surface area (Å²) in [6, 6.07) is 7.50. The van der Waals surface area contributed by atoms with Gasteiger partial charge in [0.15, 0.2) is 34.8 Å². The summed E-state index contributed by atoms with van der Waals surface area (Å²) < 4.78 is 146. The van der Waals surface area contributed by atoms with E-state index < -0.39 is 69.2 Å². The Morgan fingerprint density at radius 2 is 0.962 bits per heavy atom. The molecular formula is C40H46F8O5. The predicted molar refractivity (Wildman–Crippen MR) is 185 cm³/mol. The van der Waals surface area contributed by atoms with Gasteiger partial charge in [0.2, 0.25) is 23.3 Å². The average Bonchev–Trinajstić information content (AvgIpc) is 3.14. The van der Waals surface area contributed by atoms with E-state index in [1.807, 2.05) is 24.3 Å². The first-order valence-corrected chi connectivity index (χ1v) is 18.0. The molecule has 53 heavy (non-hydrogen) atoms. The molecule has 0 bridgehead atoms. The summed E-state index contributed by atoms with van der Waals surface area (Å²) in [6.07, 6.45) is 8.98. The second-order valence-electron chi connectivity index (χ2n) is 13.2. The van der Waals surface area contributed by atoms with Crippen LogP contribution in [0.5, 0.6) is 17.2 Å². The lowest BCUT2D eigenvalue weighted by molar-refractivity contribution is -0.150. The van der Waals surface area contributed by atoms with Gasteiger partial charge < -0.3 is 23.7 Å². The van der Waals surface area contributed by atoms with Crippen molar-refractivity contribution in [2.45, 2.75) is 77.6 Å². The van der Waals surface area contributed by atoms with Crippen molar-refractivity contribution in [3.05, 3.63) is 82.9 Å². The normalized spacial score (nSPS) is 13.5. The maximum Gasteiger partial charge on any atom is 0.204 e. The Hall–Kier alpha value is -3.84. The molecule has 0 radical (unpaired) electrons. The van der Waals surface area contributed by atoms with Gasteiger partial charge in [-0.1, -0.05) is 63.8 Å². The van der Waals surface area contributed by atoms with Crippen molar-refractivity contribution < 1.29 is 58.8 Å². The molecule has 0 amide bonds. The highest BCUT2D eigenvalue weighted by atomic mass is 19.2. The minimum Gasteiger partial charge on any atom is -0.494 e. The van der Waals surface area contributed by atoms with Crippen LogP contribution in [0, 0.1) is 52.0 Å². The quantitative estimate of drug-likeness (QED) is 0.0517. The first-order chi connectivity index (χ1) is 25.5. The average molecular weight is 759 g/mol. The largest absolute Gasteiger partial charge is 0.494 e. The molecular weight excluding hydrogens is 712 g/mol. The molecule has 1 aliphatic heterocycles. The van der Waals surface area contributed by atoms with Gasteiger partial charge in [-0.2, -0.15) is 17.6 Å². The molecule has 13 heteroatoms. The molecule has 1 saturated heterocycles. The fourth-order valence-corrected chi connectivity index (χ4v) is 5.79. The molecule has 0 N–H and O–H groups in total. The number of ether oxygens (including phenoxy) is 5. The molecule has 0 aliphatic carbocycles. The molecule has 0 saturated carbocycles. The summed E-state index contributed by atoms with van der Waals surface area (Å²) >= 11 is 0. The zero-order chi connectivity index (χ0) is 38.4. The van der Waals surface area contributed by atoms with Crippen LogP contribution in [-0.4, -0.2) is 46.2 Å². The van der Waals surface area contributed by atoms with Crippen molar-refractivity contribution in [3.63, 3.8) is 0 Å². The molecule has 3 aromatic carbocycles. The zero-order valence-corrected chi connectivity index (χ0v) is 29.9. The summed E-state index contributed by atoms with van der Waals surface area (Å²) in [7, 11) is 0. The maximum atomic E-state index is 15.0. The van der Waals surface area contributed by atoms with Gasteiger partial charge in [0, 0.05) is 12.0 Å². The summed E-state index contributed by atoms with van der Waals surface area (Å²) in [4.78, 5) is 0. The molecule has 292 valence electrons. The molecule has 1 aliphatic rings. The zero-order valence-electron chi connectivity index (χ0n) is 29.9. The second-order valence-corrected chi connectivity index (χ2v) is 13.2. The number of benzene rings is 3. The van der Waals surface area contributed by atoms with Crippen molar-refractivity contribution >= 4 is 6.08 Å². The lowest BCUT2D eigenvalue weighted by Gasteiger charge is -2.40. The molecule has 1 heterocycles. The van der Waals surface area contributed by atoms with Gasteiger partial charge >= 0.3 is 0 Å². The summed E-state index contributed by atoms with van der Waals surface area (Å²) in [5, 5.41) is 0. The standard InChI is InChI=1S/C40H46F8O5/c1-3-26-15-17-27(18-16-26)51-20-12-7-5-6-8-13-21-52-38-34(45)30(41)28(31(42)35(38)46)29-32(43)36(47)39(37(48)33(29)44)53-22-14-10-9-11-19-49-23-40(4-2)24-50-25-40/h3,15-18H,1,4-14,19-25H2,2H3. The number of rotatable bonds is 24. The summed E-state index contributed by atoms with van der Waals surface area (Å²) in [6.45, 7) is 8.09. The van der Waals surface area contributed by atoms with Gasteiger partial charge in [0.05, 0.1) is 50.8 Å². The maximum absolute atomic E-state index is 15.0. The highest BCUT2D eigenvalue weighted by Gasteiger charge is 2.37. The first kappa shape index (κ1) is 41.9. The van der Waals surface area contributed by atoms with Gasteiger partial charge in [0.1, 0.15) is 5.75 Å². The van der Waals surface area contributed by atoms with Crippen LogP contribution < -0.4 is 14.2 Å². The number of unbranched alkanes of at least 4 members (excludes halogenated alkanes) is 8. The van der Waals surface area contributed by atoms with Crippen LogP contribution in [0.15, 0.2) is 30.8 Å². The molecule has 0 unspecified atom stereocenters. The van der Waals surface area contributed by atoms with Gasteiger partial charge in [-0.3, -0.25) is 0 Å². The minimum atomic E-state index is -2.28. The number of hydrogen-bond acceptors (Lipinski definition) is 5. The van der Waals surface area contributed by atoms with Crippen LogP contribution in [0.2, 0.25) is 0 Å². The van der Waals surface area contributed by atoms with Crippen molar-refractivity contribution in [2.75, 3.05) is 46.2 Å². The van der Waals surface area contributed by atoms with Crippen molar-refractivity contribution in [3.8, 4) is 28.4 Å². The molecule has 1 fully saturated rings.